The molecule has 0 aromatic heterocycles. The first kappa shape index (κ1) is 19.5. The van der Waals surface area contributed by atoms with Crippen molar-refractivity contribution >= 4 is 5.91 Å². The molecule has 0 saturated heterocycles. The van der Waals surface area contributed by atoms with Gasteiger partial charge in [0.05, 0.1) is 26.7 Å². The van der Waals surface area contributed by atoms with Crippen molar-refractivity contribution in [2.24, 2.45) is 0 Å². The molecule has 0 spiro atoms. The van der Waals surface area contributed by atoms with E-state index < -0.39 is 6.61 Å². The average Bonchev–Trinajstić information content (AvgIpc) is 2.62. The van der Waals surface area contributed by atoms with Gasteiger partial charge >= 0.3 is 6.61 Å². The van der Waals surface area contributed by atoms with Crippen LogP contribution < -0.4 is 19.5 Å². The number of hydrogen-bond donors (Lipinski definition) is 1. The lowest BCUT2D eigenvalue weighted by molar-refractivity contribution is -0.121. The third-order valence-corrected chi connectivity index (χ3v) is 3.79. The van der Waals surface area contributed by atoms with Crippen molar-refractivity contribution < 1.29 is 27.8 Å². The predicted octanol–water partition coefficient (Wildman–Crippen LogP) is 3.73. The first-order chi connectivity index (χ1) is 12.4. The van der Waals surface area contributed by atoms with Crippen LogP contribution in [0.5, 0.6) is 17.2 Å². The molecule has 2 rings (SSSR count). The summed E-state index contributed by atoms with van der Waals surface area (Å²) in [6.45, 7) is -1.03. The monoisotopic (exact) mass is 365 g/mol. The summed E-state index contributed by atoms with van der Waals surface area (Å²) < 4.78 is 39.1. The smallest absolute Gasteiger partial charge is 0.387 e. The second-order valence-electron chi connectivity index (χ2n) is 5.60. The van der Waals surface area contributed by atoms with Crippen LogP contribution in [0.3, 0.4) is 0 Å². The van der Waals surface area contributed by atoms with Gasteiger partial charge in [0.2, 0.25) is 5.91 Å². The standard InChI is InChI=1S/C19H21F2NO4/c1-12(16-11-15(24-2)8-9-17(16)25-3)22-18(23)10-13-4-6-14(7-5-13)26-19(20)21/h4-9,11-12,19H,10H2,1-3H3,(H,22,23). The molecule has 0 aliphatic heterocycles. The first-order valence-corrected chi connectivity index (χ1v) is 7.98. The minimum atomic E-state index is -2.87. The summed E-state index contributed by atoms with van der Waals surface area (Å²) in [5.74, 6) is 1.16. The van der Waals surface area contributed by atoms with Crippen LogP contribution in [0.25, 0.3) is 0 Å². The van der Waals surface area contributed by atoms with E-state index in [4.69, 9.17) is 9.47 Å². The van der Waals surface area contributed by atoms with Crippen LogP contribution in [0.2, 0.25) is 0 Å². The van der Waals surface area contributed by atoms with Crippen molar-refractivity contribution in [3.05, 3.63) is 53.6 Å². The normalized spacial score (nSPS) is 11.8. The highest BCUT2D eigenvalue weighted by atomic mass is 19.3. The summed E-state index contributed by atoms with van der Waals surface area (Å²) >= 11 is 0. The Hall–Kier alpha value is -2.83. The predicted molar refractivity (Wildman–Crippen MR) is 92.9 cm³/mol. The third kappa shape index (κ3) is 5.34. The molecule has 26 heavy (non-hydrogen) atoms. The van der Waals surface area contributed by atoms with Gasteiger partial charge in [-0.05, 0) is 42.8 Å². The van der Waals surface area contributed by atoms with Crippen LogP contribution >= 0.6 is 0 Å². The molecule has 1 atom stereocenters. The van der Waals surface area contributed by atoms with Gasteiger partial charge in [0.1, 0.15) is 17.2 Å². The Morgan fingerprint density at radius 3 is 2.27 bits per heavy atom. The van der Waals surface area contributed by atoms with E-state index in [9.17, 15) is 13.6 Å². The zero-order chi connectivity index (χ0) is 19.1. The molecule has 140 valence electrons. The maximum atomic E-state index is 12.3. The number of amides is 1. The van der Waals surface area contributed by atoms with E-state index in [2.05, 4.69) is 10.1 Å². The molecule has 1 unspecified atom stereocenters. The summed E-state index contributed by atoms with van der Waals surface area (Å²) in [4.78, 5) is 12.3. The Labute approximate surface area is 150 Å². The SMILES string of the molecule is COc1ccc(OC)c(C(C)NC(=O)Cc2ccc(OC(F)F)cc2)c1. The Kier molecular flexibility index (Phi) is 6.77. The van der Waals surface area contributed by atoms with Crippen LogP contribution in [0.15, 0.2) is 42.5 Å². The zero-order valence-corrected chi connectivity index (χ0v) is 14.8. The molecule has 0 aliphatic carbocycles. The summed E-state index contributed by atoms with van der Waals surface area (Å²) in [5, 5.41) is 2.89. The van der Waals surface area contributed by atoms with Gasteiger partial charge in [0.25, 0.3) is 0 Å². The molecule has 1 amide bonds. The number of benzene rings is 2. The Balaban J connectivity index is 2.01. The third-order valence-electron chi connectivity index (χ3n) is 3.79. The van der Waals surface area contributed by atoms with E-state index >= 15 is 0 Å². The highest BCUT2D eigenvalue weighted by Gasteiger charge is 2.15. The van der Waals surface area contributed by atoms with Crippen LogP contribution in [0.4, 0.5) is 8.78 Å². The molecule has 0 fully saturated rings. The molecular formula is C19H21F2NO4. The van der Waals surface area contributed by atoms with Crippen molar-refractivity contribution in [1.82, 2.24) is 5.32 Å². The molecule has 5 nitrogen and oxygen atoms in total. The van der Waals surface area contributed by atoms with Gasteiger partial charge in [-0.2, -0.15) is 8.78 Å². The lowest BCUT2D eigenvalue weighted by Crippen LogP contribution is -2.28. The van der Waals surface area contributed by atoms with E-state index in [1.807, 2.05) is 6.92 Å². The van der Waals surface area contributed by atoms with Crippen LogP contribution in [-0.4, -0.2) is 26.7 Å². The Bertz CT molecular complexity index is 735. The number of carbonyl (C=O) groups excluding carboxylic acids is 1. The number of hydrogen-bond acceptors (Lipinski definition) is 4. The Morgan fingerprint density at radius 2 is 1.69 bits per heavy atom. The van der Waals surface area contributed by atoms with Crippen LogP contribution in [0.1, 0.15) is 24.1 Å². The van der Waals surface area contributed by atoms with E-state index in [1.54, 1.807) is 44.6 Å². The van der Waals surface area contributed by atoms with Gasteiger partial charge in [0.15, 0.2) is 0 Å². The van der Waals surface area contributed by atoms with Gasteiger partial charge in [0, 0.05) is 5.56 Å². The lowest BCUT2D eigenvalue weighted by Gasteiger charge is -2.18. The van der Waals surface area contributed by atoms with E-state index in [0.29, 0.717) is 17.1 Å². The topological polar surface area (TPSA) is 56.8 Å². The quantitative estimate of drug-likeness (QED) is 0.775. The molecule has 0 saturated carbocycles. The van der Waals surface area contributed by atoms with E-state index in [0.717, 1.165) is 5.56 Å². The number of methoxy groups -OCH3 is 2. The maximum absolute atomic E-state index is 12.3. The van der Waals surface area contributed by atoms with Gasteiger partial charge in [-0.1, -0.05) is 12.1 Å². The fraction of sp³-hybridized carbons (Fsp3) is 0.316. The van der Waals surface area contributed by atoms with E-state index in [1.165, 1.54) is 12.1 Å². The molecule has 1 N–H and O–H groups in total. The number of halogens is 2. The van der Waals surface area contributed by atoms with Crippen LogP contribution in [-0.2, 0) is 11.2 Å². The summed E-state index contributed by atoms with van der Waals surface area (Å²) in [6.07, 6.45) is 0.117. The second-order valence-corrected chi connectivity index (χ2v) is 5.60. The number of carbonyl (C=O) groups is 1. The van der Waals surface area contributed by atoms with Crippen molar-refractivity contribution in [2.45, 2.75) is 26.0 Å². The van der Waals surface area contributed by atoms with Gasteiger partial charge < -0.3 is 19.5 Å². The van der Waals surface area contributed by atoms with Crippen molar-refractivity contribution in [3.63, 3.8) is 0 Å². The summed E-state index contributed by atoms with van der Waals surface area (Å²) in [5.41, 5.74) is 1.48. The number of nitrogens with one attached hydrogen (secondary N) is 1. The second kappa shape index (κ2) is 9.03. The largest absolute Gasteiger partial charge is 0.497 e. The zero-order valence-electron chi connectivity index (χ0n) is 14.8. The Morgan fingerprint density at radius 1 is 1.04 bits per heavy atom. The van der Waals surface area contributed by atoms with Crippen LogP contribution in [0, 0.1) is 0 Å². The number of ether oxygens (including phenoxy) is 3. The summed E-state index contributed by atoms with van der Waals surface area (Å²) in [7, 11) is 3.12. The lowest BCUT2D eigenvalue weighted by atomic mass is 10.1. The molecular weight excluding hydrogens is 344 g/mol. The van der Waals surface area contributed by atoms with Gasteiger partial charge in [-0.3, -0.25) is 4.79 Å². The summed E-state index contributed by atoms with van der Waals surface area (Å²) in [6, 6.07) is 11.0. The average molecular weight is 365 g/mol. The molecule has 2 aromatic carbocycles. The molecule has 0 heterocycles. The van der Waals surface area contributed by atoms with Gasteiger partial charge in [-0.15, -0.1) is 0 Å². The highest BCUT2D eigenvalue weighted by Crippen LogP contribution is 2.29. The first-order valence-electron chi connectivity index (χ1n) is 7.98. The highest BCUT2D eigenvalue weighted by molar-refractivity contribution is 5.79. The number of alkyl halides is 2. The fourth-order valence-electron chi connectivity index (χ4n) is 2.52. The molecule has 7 heteroatoms. The maximum Gasteiger partial charge on any atom is 0.387 e. The van der Waals surface area contributed by atoms with Crippen molar-refractivity contribution in [2.75, 3.05) is 14.2 Å². The number of rotatable bonds is 8. The fourth-order valence-corrected chi connectivity index (χ4v) is 2.52. The molecule has 0 bridgehead atoms. The molecule has 2 aromatic rings. The van der Waals surface area contributed by atoms with Gasteiger partial charge in [-0.25, -0.2) is 0 Å². The van der Waals surface area contributed by atoms with Crippen molar-refractivity contribution in [1.29, 1.82) is 0 Å². The molecule has 0 radical (unpaired) electrons. The minimum absolute atomic E-state index is 0.0543. The molecule has 0 aliphatic rings. The minimum Gasteiger partial charge on any atom is -0.497 e. The van der Waals surface area contributed by atoms with E-state index in [-0.39, 0.29) is 24.1 Å². The van der Waals surface area contributed by atoms with Crippen molar-refractivity contribution in [3.8, 4) is 17.2 Å².